The van der Waals surface area contributed by atoms with E-state index in [2.05, 4.69) is 13.2 Å². The van der Waals surface area contributed by atoms with Crippen LogP contribution in [0.2, 0.25) is 0 Å². The molecule has 3 unspecified atom stereocenters. The fraction of sp³-hybridized carbons (Fsp3) is 0.611. The predicted octanol–water partition coefficient (Wildman–Crippen LogP) is 0.0752. The Morgan fingerprint density at radius 3 is 2.04 bits per heavy atom. The van der Waals surface area contributed by atoms with Crippen molar-refractivity contribution in [2.45, 2.75) is 30.7 Å². The fourth-order valence-corrected chi connectivity index (χ4v) is 2.36. The molecule has 0 bridgehead atoms. The fourth-order valence-electron chi connectivity index (χ4n) is 2.36. The summed E-state index contributed by atoms with van der Waals surface area (Å²) in [5.41, 5.74) is -1.39. The van der Waals surface area contributed by atoms with Crippen molar-refractivity contribution in [3.05, 3.63) is 24.3 Å². The van der Waals surface area contributed by atoms with Gasteiger partial charge >= 0.3 is 17.9 Å². The van der Waals surface area contributed by atoms with Crippen molar-refractivity contribution in [1.29, 1.82) is 0 Å². The molecule has 0 amide bonds. The Kier molecular flexibility index (Phi) is 5.36. The van der Waals surface area contributed by atoms with Crippen molar-refractivity contribution >= 4 is 17.9 Å². The Labute approximate surface area is 156 Å². The predicted molar refractivity (Wildman–Crippen MR) is 88.6 cm³/mol. The van der Waals surface area contributed by atoms with E-state index in [4.69, 9.17) is 28.4 Å². The lowest BCUT2D eigenvalue weighted by molar-refractivity contribution is -0.150. The smallest absolute Gasteiger partial charge is 0.334 e. The first-order valence-electron chi connectivity index (χ1n) is 8.50. The maximum absolute atomic E-state index is 12.0. The number of carbonyl (C=O) groups is 3. The lowest BCUT2D eigenvalue weighted by Crippen LogP contribution is -2.43. The normalized spacial score (nSPS) is 30.0. The van der Waals surface area contributed by atoms with Crippen molar-refractivity contribution < 1.29 is 42.8 Å². The summed E-state index contributed by atoms with van der Waals surface area (Å²) in [5, 5.41) is 0. The molecule has 0 aromatic carbocycles. The molecule has 0 radical (unpaired) electrons. The van der Waals surface area contributed by atoms with E-state index in [9.17, 15) is 14.4 Å². The van der Waals surface area contributed by atoms with Crippen LogP contribution in [-0.4, -0.2) is 74.9 Å². The number of carbonyl (C=O) groups excluding carboxylic acids is 3. The van der Waals surface area contributed by atoms with Crippen molar-refractivity contribution in [2.24, 2.45) is 0 Å². The highest BCUT2D eigenvalue weighted by Crippen LogP contribution is 2.49. The molecule has 3 aliphatic heterocycles. The van der Waals surface area contributed by atoms with Crippen molar-refractivity contribution in [3.63, 3.8) is 0 Å². The van der Waals surface area contributed by atoms with Crippen LogP contribution in [0.3, 0.4) is 0 Å². The second kappa shape index (κ2) is 7.41. The number of hydrogen-bond acceptors (Lipinski definition) is 9. The molecule has 3 saturated heterocycles. The summed E-state index contributed by atoms with van der Waals surface area (Å²) in [6.07, 6.45) is -0.354. The molecule has 0 aromatic heterocycles. The van der Waals surface area contributed by atoms with E-state index in [0.29, 0.717) is 19.8 Å². The van der Waals surface area contributed by atoms with E-state index < -0.39 is 29.1 Å². The molecule has 3 aliphatic rings. The summed E-state index contributed by atoms with van der Waals surface area (Å²) in [5.74, 6) is -1.82. The summed E-state index contributed by atoms with van der Waals surface area (Å²) in [7, 11) is 0. The zero-order valence-corrected chi connectivity index (χ0v) is 15.1. The molecule has 3 fully saturated rings. The molecule has 0 spiro atoms. The molecular weight excluding hydrogens is 360 g/mol. The van der Waals surface area contributed by atoms with E-state index in [1.165, 1.54) is 0 Å². The van der Waals surface area contributed by atoms with Crippen LogP contribution < -0.4 is 0 Å². The van der Waals surface area contributed by atoms with Crippen LogP contribution in [0.25, 0.3) is 0 Å². The topological polar surface area (TPSA) is 116 Å². The molecule has 148 valence electrons. The second-order valence-electron chi connectivity index (χ2n) is 6.92. The van der Waals surface area contributed by atoms with Gasteiger partial charge in [0.05, 0.1) is 26.2 Å². The molecule has 0 saturated carbocycles. The minimum atomic E-state index is -0.844. The monoisotopic (exact) mass is 382 g/mol. The molecule has 3 rings (SSSR count). The highest BCUT2D eigenvalue weighted by atomic mass is 16.7. The molecule has 3 atom stereocenters. The molecule has 0 aromatic rings. The van der Waals surface area contributed by atoms with E-state index in [1.54, 1.807) is 6.92 Å². The largest absolute Gasteiger partial charge is 0.462 e. The maximum atomic E-state index is 12.0. The summed E-state index contributed by atoms with van der Waals surface area (Å²) in [6, 6.07) is 0. The van der Waals surface area contributed by atoms with Gasteiger partial charge in [0, 0.05) is 11.1 Å². The van der Waals surface area contributed by atoms with Crippen molar-refractivity contribution in [2.75, 3.05) is 39.6 Å². The average molecular weight is 382 g/mol. The summed E-state index contributed by atoms with van der Waals surface area (Å²) >= 11 is 0. The SMILES string of the molecule is C=C(C)C(=O)OCC1(C2(COC(=O)CC(=C)C(=O)OCC3CO3)CO2)CO1. The molecule has 0 aliphatic carbocycles. The molecular formula is C18H22O9. The number of rotatable bonds is 11. The quantitative estimate of drug-likeness (QED) is 0.212. The first kappa shape index (κ1) is 19.5. The molecule has 27 heavy (non-hydrogen) atoms. The zero-order valence-electron chi connectivity index (χ0n) is 15.1. The standard InChI is InChI=1S/C18H22O9/c1-11(2)15(20)25-8-18(10-27-18)17(9-26-17)7-24-14(19)4-12(3)16(21)23-6-13-5-22-13/h13H,1,3-10H2,2H3. The van der Waals surface area contributed by atoms with Crippen LogP contribution in [0, 0.1) is 0 Å². The third-order valence-electron chi connectivity index (χ3n) is 4.52. The van der Waals surface area contributed by atoms with Gasteiger partial charge in [-0.25, -0.2) is 9.59 Å². The molecule has 3 heterocycles. The van der Waals surface area contributed by atoms with E-state index in [1.807, 2.05) is 0 Å². The van der Waals surface area contributed by atoms with Gasteiger partial charge in [0.2, 0.25) is 0 Å². The third kappa shape index (κ3) is 4.74. The third-order valence-corrected chi connectivity index (χ3v) is 4.52. The van der Waals surface area contributed by atoms with Gasteiger partial charge in [-0.2, -0.15) is 0 Å². The van der Waals surface area contributed by atoms with Gasteiger partial charge in [0.1, 0.15) is 25.9 Å². The number of ether oxygens (including phenoxy) is 6. The van der Waals surface area contributed by atoms with E-state index in [0.717, 1.165) is 0 Å². The summed E-state index contributed by atoms with van der Waals surface area (Å²) < 4.78 is 31.1. The summed E-state index contributed by atoms with van der Waals surface area (Å²) in [4.78, 5) is 35.2. The average Bonchev–Trinajstić information content (AvgIpc) is 3.47. The Bertz CT molecular complexity index is 668. The van der Waals surface area contributed by atoms with Crippen molar-refractivity contribution in [3.8, 4) is 0 Å². The number of epoxide rings is 3. The first-order valence-corrected chi connectivity index (χ1v) is 8.50. The van der Waals surface area contributed by atoms with Gasteiger partial charge in [0.25, 0.3) is 0 Å². The van der Waals surface area contributed by atoms with Crippen LogP contribution in [-0.2, 0) is 42.8 Å². The Morgan fingerprint density at radius 1 is 1.00 bits per heavy atom. The van der Waals surface area contributed by atoms with Crippen LogP contribution in [0.1, 0.15) is 13.3 Å². The summed E-state index contributed by atoms with van der Waals surface area (Å²) in [6.45, 7) is 9.86. The van der Waals surface area contributed by atoms with Crippen LogP contribution >= 0.6 is 0 Å². The Hall–Kier alpha value is -2.23. The van der Waals surface area contributed by atoms with Gasteiger partial charge in [-0.3, -0.25) is 4.79 Å². The van der Waals surface area contributed by atoms with E-state index in [-0.39, 0.29) is 43.5 Å². The van der Waals surface area contributed by atoms with Gasteiger partial charge in [-0.15, -0.1) is 0 Å². The van der Waals surface area contributed by atoms with Crippen LogP contribution in [0.4, 0.5) is 0 Å². The lowest BCUT2D eigenvalue weighted by Gasteiger charge is -2.20. The van der Waals surface area contributed by atoms with Crippen LogP contribution in [0.15, 0.2) is 24.3 Å². The Morgan fingerprint density at radius 2 is 1.56 bits per heavy atom. The van der Waals surface area contributed by atoms with Gasteiger partial charge in [0.15, 0.2) is 11.2 Å². The molecule has 0 N–H and O–H groups in total. The van der Waals surface area contributed by atoms with Gasteiger partial charge in [-0.1, -0.05) is 13.2 Å². The minimum Gasteiger partial charge on any atom is -0.462 e. The van der Waals surface area contributed by atoms with Gasteiger partial charge in [-0.05, 0) is 6.92 Å². The zero-order chi connectivity index (χ0) is 19.7. The van der Waals surface area contributed by atoms with Crippen molar-refractivity contribution in [1.82, 2.24) is 0 Å². The molecule has 9 nitrogen and oxygen atoms in total. The van der Waals surface area contributed by atoms with Gasteiger partial charge < -0.3 is 28.4 Å². The second-order valence-corrected chi connectivity index (χ2v) is 6.92. The highest BCUT2D eigenvalue weighted by molar-refractivity contribution is 5.93. The first-order chi connectivity index (χ1) is 12.8. The highest BCUT2D eigenvalue weighted by Gasteiger charge is 2.71. The minimum absolute atomic E-state index is 0.000751. The van der Waals surface area contributed by atoms with E-state index >= 15 is 0 Å². The number of esters is 3. The lowest BCUT2D eigenvalue weighted by atomic mass is 9.95. The molecule has 9 heteroatoms. The Balaban J connectivity index is 1.41. The number of hydrogen-bond donors (Lipinski definition) is 0. The maximum Gasteiger partial charge on any atom is 0.334 e. The van der Waals surface area contributed by atoms with Crippen LogP contribution in [0.5, 0.6) is 0 Å².